The number of nitrogens with zero attached hydrogens (tertiary/aromatic N) is 4. The standard InChI is InChI=1S/C12H23N5O.ClH/c1-2-7-17-12(14-15-16-17)5-8-18-10-11-4-3-6-13-9-11;/h11,13H,2-10H2,1H3;1H/t11-;/m0./s1. The Bertz CT molecular complexity index is 341. The molecule has 0 aromatic carbocycles. The topological polar surface area (TPSA) is 64.9 Å². The van der Waals surface area contributed by atoms with Gasteiger partial charge in [-0.3, -0.25) is 0 Å². The summed E-state index contributed by atoms with van der Waals surface area (Å²) >= 11 is 0. The van der Waals surface area contributed by atoms with Gasteiger partial charge >= 0.3 is 0 Å². The molecule has 0 radical (unpaired) electrons. The van der Waals surface area contributed by atoms with Crippen LogP contribution in [0.4, 0.5) is 0 Å². The molecule has 2 heterocycles. The van der Waals surface area contributed by atoms with Gasteiger partial charge in [0, 0.05) is 19.5 Å². The van der Waals surface area contributed by atoms with E-state index >= 15 is 0 Å². The Morgan fingerprint density at radius 3 is 3.11 bits per heavy atom. The van der Waals surface area contributed by atoms with Crippen molar-refractivity contribution < 1.29 is 4.74 Å². The van der Waals surface area contributed by atoms with E-state index in [-0.39, 0.29) is 12.4 Å². The van der Waals surface area contributed by atoms with E-state index < -0.39 is 0 Å². The molecule has 0 unspecified atom stereocenters. The average molecular weight is 290 g/mol. The molecule has 2 rings (SSSR count). The molecule has 110 valence electrons. The van der Waals surface area contributed by atoms with Crippen LogP contribution in [0.3, 0.4) is 0 Å². The van der Waals surface area contributed by atoms with E-state index in [4.69, 9.17) is 4.74 Å². The van der Waals surface area contributed by atoms with E-state index in [9.17, 15) is 0 Å². The van der Waals surface area contributed by atoms with Crippen molar-refractivity contribution in [3.63, 3.8) is 0 Å². The molecule has 0 aliphatic carbocycles. The fourth-order valence-electron chi connectivity index (χ4n) is 2.27. The molecule has 0 spiro atoms. The first kappa shape index (κ1) is 16.3. The van der Waals surface area contributed by atoms with E-state index in [0.29, 0.717) is 12.5 Å². The van der Waals surface area contributed by atoms with Gasteiger partial charge in [0.05, 0.1) is 13.2 Å². The molecule has 1 aliphatic rings. The van der Waals surface area contributed by atoms with E-state index in [2.05, 4.69) is 27.8 Å². The third-order valence-electron chi connectivity index (χ3n) is 3.26. The third-order valence-corrected chi connectivity index (χ3v) is 3.26. The number of aryl methyl sites for hydroxylation is 1. The highest BCUT2D eigenvalue weighted by Gasteiger charge is 2.13. The minimum atomic E-state index is 0. The average Bonchev–Trinajstić information content (AvgIpc) is 2.84. The summed E-state index contributed by atoms with van der Waals surface area (Å²) in [6, 6.07) is 0. The fourth-order valence-corrected chi connectivity index (χ4v) is 2.27. The molecular weight excluding hydrogens is 266 g/mol. The number of tetrazole rings is 1. The van der Waals surface area contributed by atoms with E-state index in [1.165, 1.54) is 12.8 Å². The molecule has 1 N–H and O–H groups in total. The van der Waals surface area contributed by atoms with Crippen LogP contribution < -0.4 is 5.32 Å². The SMILES string of the molecule is CCCn1nnnc1CCOC[C@H]1CCCNC1.Cl. The van der Waals surface area contributed by atoms with Crippen LogP contribution in [0.5, 0.6) is 0 Å². The van der Waals surface area contributed by atoms with Gasteiger partial charge in [-0.05, 0) is 42.2 Å². The highest BCUT2D eigenvalue weighted by atomic mass is 35.5. The molecule has 1 aromatic rings. The Hall–Kier alpha value is -0.720. The summed E-state index contributed by atoms with van der Waals surface area (Å²) in [5.74, 6) is 1.60. The summed E-state index contributed by atoms with van der Waals surface area (Å²) in [6.45, 7) is 6.81. The number of ether oxygens (including phenoxy) is 1. The molecule has 1 aromatic heterocycles. The Morgan fingerprint density at radius 2 is 2.37 bits per heavy atom. The first-order valence-corrected chi connectivity index (χ1v) is 6.93. The maximum Gasteiger partial charge on any atom is 0.153 e. The molecule has 1 atom stereocenters. The monoisotopic (exact) mass is 289 g/mol. The lowest BCUT2D eigenvalue weighted by Gasteiger charge is -2.22. The van der Waals surface area contributed by atoms with Gasteiger partial charge in [-0.2, -0.15) is 0 Å². The Kier molecular flexibility index (Phi) is 7.93. The fraction of sp³-hybridized carbons (Fsp3) is 0.917. The maximum atomic E-state index is 5.73. The van der Waals surface area contributed by atoms with Gasteiger partial charge in [0.1, 0.15) is 0 Å². The van der Waals surface area contributed by atoms with Gasteiger partial charge in [0.25, 0.3) is 0 Å². The molecule has 0 bridgehead atoms. The quantitative estimate of drug-likeness (QED) is 0.761. The summed E-state index contributed by atoms with van der Waals surface area (Å²) in [6.07, 6.45) is 4.39. The molecule has 1 fully saturated rings. The highest BCUT2D eigenvalue weighted by Crippen LogP contribution is 2.10. The summed E-state index contributed by atoms with van der Waals surface area (Å²) in [5.41, 5.74) is 0. The molecule has 0 saturated carbocycles. The van der Waals surface area contributed by atoms with Crippen LogP contribution in [0.25, 0.3) is 0 Å². The van der Waals surface area contributed by atoms with Crippen molar-refractivity contribution in [1.82, 2.24) is 25.5 Å². The van der Waals surface area contributed by atoms with Crippen molar-refractivity contribution in [2.24, 2.45) is 5.92 Å². The van der Waals surface area contributed by atoms with Crippen molar-refractivity contribution in [1.29, 1.82) is 0 Å². The number of rotatable bonds is 7. The first-order valence-electron chi connectivity index (χ1n) is 6.93. The Balaban J connectivity index is 0.00000180. The minimum absolute atomic E-state index is 0. The predicted molar refractivity (Wildman–Crippen MR) is 75.5 cm³/mol. The minimum Gasteiger partial charge on any atom is -0.381 e. The van der Waals surface area contributed by atoms with E-state index in [0.717, 1.165) is 44.9 Å². The molecule has 19 heavy (non-hydrogen) atoms. The number of hydrogen-bond donors (Lipinski definition) is 1. The van der Waals surface area contributed by atoms with Crippen LogP contribution in [0.15, 0.2) is 0 Å². The Morgan fingerprint density at radius 1 is 1.47 bits per heavy atom. The van der Waals surface area contributed by atoms with Gasteiger partial charge in [0.15, 0.2) is 5.82 Å². The molecular formula is C12H24ClN5O. The number of piperidine rings is 1. The van der Waals surface area contributed by atoms with Crippen molar-refractivity contribution in [3.05, 3.63) is 5.82 Å². The number of aromatic nitrogens is 4. The summed E-state index contributed by atoms with van der Waals surface area (Å²) < 4.78 is 7.60. The zero-order valence-corrected chi connectivity index (χ0v) is 12.4. The van der Waals surface area contributed by atoms with Gasteiger partial charge in [0.2, 0.25) is 0 Å². The van der Waals surface area contributed by atoms with Crippen molar-refractivity contribution in [3.8, 4) is 0 Å². The van der Waals surface area contributed by atoms with Crippen molar-refractivity contribution in [2.75, 3.05) is 26.3 Å². The lowest BCUT2D eigenvalue weighted by molar-refractivity contribution is 0.0907. The van der Waals surface area contributed by atoms with Crippen molar-refractivity contribution >= 4 is 12.4 Å². The largest absolute Gasteiger partial charge is 0.381 e. The number of hydrogen-bond acceptors (Lipinski definition) is 5. The zero-order valence-electron chi connectivity index (χ0n) is 11.5. The zero-order chi connectivity index (χ0) is 12.6. The van der Waals surface area contributed by atoms with Crippen LogP contribution in [0.2, 0.25) is 0 Å². The van der Waals surface area contributed by atoms with Crippen LogP contribution in [-0.2, 0) is 17.7 Å². The lowest BCUT2D eigenvalue weighted by atomic mass is 10.0. The van der Waals surface area contributed by atoms with Gasteiger partial charge in [-0.15, -0.1) is 17.5 Å². The molecule has 0 amide bonds. The molecule has 1 saturated heterocycles. The van der Waals surface area contributed by atoms with E-state index in [1.807, 2.05) is 4.68 Å². The van der Waals surface area contributed by atoms with Gasteiger partial charge < -0.3 is 10.1 Å². The van der Waals surface area contributed by atoms with Gasteiger partial charge in [-0.25, -0.2) is 4.68 Å². The van der Waals surface area contributed by atoms with Crippen LogP contribution in [0, 0.1) is 5.92 Å². The second-order valence-electron chi connectivity index (χ2n) is 4.86. The van der Waals surface area contributed by atoms with Crippen LogP contribution in [-0.4, -0.2) is 46.5 Å². The molecule has 6 nitrogen and oxygen atoms in total. The summed E-state index contributed by atoms with van der Waals surface area (Å²) in [7, 11) is 0. The predicted octanol–water partition coefficient (Wildman–Crippen LogP) is 1.06. The highest BCUT2D eigenvalue weighted by molar-refractivity contribution is 5.85. The lowest BCUT2D eigenvalue weighted by Crippen LogP contribution is -2.32. The third kappa shape index (κ3) is 5.42. The Labute approximate surface area is 120 Å². The molecule has 1 aliphatic heterocycles. The normalized spacial score (nSPS) is 19.1. The number of halogens is 1. The first-order chi connectivity index (χ1) is 8.90. The smallest absolute Gasteiger partial charge is 0.153 e. The number of nitrogens with one attached hydrogen (secondary N) is 1. The summed E-state index contributed by atoms with van der Waals surface area (Å²) in [5, 5.41) is 15.1. The van der Waals surface area contributed by atoms with Gasteiger partial charge in [-0.1, -0.05) is 6.92 Å². The van der Waals surface area contributed by atoms with E-state index in [1.54, 1.807) is 0 Å². The second kappa shape index (κ2) is 9.23. The summed E-state index contributed by atoms with van der Waals surface area (Å²) in [4.78, 5) is 0. The van der Waals surface area contributed by atoms with Crippen LogP contribution in [0.1, 0.15) is 32.0 Å². The second-order valence-corrected chi connectivity index (χ2v) is 4.86. The maximum absolute atomic E-state index is 5.73. The van der Waals surface area contributed by atoms with Crippen LogP contribution >= 0.6 is 12.4 Å². The molecule has 7 heteroatoms. The van der Waals surface area contributed by atoms with Crippen molar-refractivity contribution in [2.45, 2.75) is 39.2 Å².